The average molecular weight is 364 g/mol. The van der Waals surface area contributed by atoms with Gasteiger partial charge >= 0.3 is 5.97 Å². The summed E-state index contributed by atoms with van der Waals surface area (Å²) in [6.45, 7) is 15.0. The van der Waals surface area contributed by atoms with E-state index in [1.165, 1.54) is 13.0 Å². The third kappa shape index (κ3) is 3.94. The summed E-state index contributed by atoms with van der Waals surface area (Å²) in [5.41, 5.74) is -0.744. The maximum atomic E-state index is 12.4. The molecule has 0 saturated heterocycles. The van der Waals surface area contributed by atoms with Gasteiger partial charge in [0.05, 0.1) is 18.1 Å². The summed E-state index contributed by atoms with van der Waals surface area (Å²) in [5, 5.41) is 20.9. The molecule has 0 bridgehead atoms. The first kappa shape index (κ1) is 20.8. The highest BCUT2D eigenvalue weighted by molar-refractivity contribution is 5.80. The Hall–Kier alpha value is -1.46. The Morgan fingerprint density at radius 2 is 2.08 bits per heavy atom. The van der Waals surface area contributed by atoms with E-state index in [1.54, 1.807) is 0 Å². The lowest BCUT2D eigenvalue weighted by Gasteiger charge is -2.55. The quantitative estimate of drug-likeness (QED) is 0.579. The van der Waals surface area contributed by atoms with Crippen molar-refractivity contribution < 1.29 is 24.5 Å². The molecule has 7 atom stereocenters. The van der Waals surface area contributed by atoms with Gasteiger partial charge in [0.2, 0.25) is 0 Å². The van der Waals surface area contributed by atoms with Gasteiger partial charge in [0.1, 0.15) is 11.9 Å². The van der Waals surface area contributed by atoms with E-state index < -0.39 is 23.8 Å². The van der Waals surface area contributed by atoms with Crippen molar-refractivity contribution in [3.05, 3.63) is 24.8 Å². The summed E-state index contributed by atoms with van der Waals surface area (Å²) in [6.07, 6.45) is 0.898. The van der Waals surface area contributed by atoms with Gasteiger partial charge in [-0.15, -0.1) is 6.58 Å². The minimum Gasteiger partial charge on any atom is -0.459 e. The molecule has 0 radical (unpaired) electrons. The van der Waals surface area contributed by atoms with Crippen LogP contribution >= 0.6 is 0 Å². The molecular weight excluding hydrogens is 332 g/mol. The molecule has 26 heavy (non-hydrogen) atoms. The highest BCUT2D eigenvalue weighted by Gasteiger charge is 2.57. The third-order valence-corrected chi connectivity index (χ3v) is 6.60. The summed E-state index contributed by atoms with van der Waals surface area (Å²) in [7, 11) is 0. The Balaban J connectivity index is 2.32. The number of aliphatic hydroxyl groups excluding tert-OH is 1. The second-order valence-electron chi connectivity index (χ2n) is 8.80. The van der Waals surface area contributed by atoms with E-state index in [2.05, 4.69) is 27.0 Å². The predicted octanol–water partition coefficient (Wildman–Crippen LogP) is 2.80. The number of hydrogen-bond donors (Lipinski definition) is 2. The SMILES string of the molecule is C=CC(C)(O)CC(=O)OC1C(O)C(C(=C)C)CC2(C)C(C)CC(=O)CC12. The van der Waals surface area contributed by atoms with Crippen LogP contribution in [0.3, 0.4) is 0 Å². The number of Topliss-reactive ketones (excluding diaryl/α,β-unsaturated/α-hetero) is 1. The van der Waals surface area contributed by atoms with Gasteiger partial charge in [0, 0.05) is 24.7 Å². The lowest BCUT2D eigenvalue weighted by Crippen LogP contribution is -2.58. The van der Waals surface area contributed by atoms with Crippen LogP contribution in [0, 0.1) is 23.2 Å². The standard InChI is InChI=1S/C21H32O5/c1-7-20(5,25)11-17(23)26-19-16-9-14(22)8-13(4)21(16,6)10-15(12(2)3)18(19)24/h7,13,15-16,18-19,24-25H,1-2,8-11H2,3-6H3. The molecule has 5 heteroatoms. The van der Waals surface area contributed by atoms with E-state index in [1.807, 2.05) is 6.92 Å². The molecule has 2 saturated carbocycles. The fraction of sp³-hybridized carbons (Fsp3) is 0.714. The highest BCUT2D eigenvalue weighted by Crippen LogP contribution is 2.55. The first-order chi connectivity index (χ1) is 11.9. The van der Waals surface area contributed by atoms with Crippen molar-refractivity contribution in [2.45, 2.75) is 71.2 Å². The number of fused-ring (bicyclic) bond motifs is 1. The third-order valence-electron chi connectivity index (χ3n) is 6.60. The number of ketones is 1. The van der Waals surface area contributed by atoms with Crippen LogP contribution in [0.2, 0.25) is 0 Å². The van der Waals surface area contributed by atoms with E-state index in [9.17, 15) is 19.8 Å². The van der Waals surface area contributed by atoms with E-state index in [0.717, 1.165) is 12.0 Å². The Morgan fingerprint density at radius 3 is 2.62 bits per heavy atom. The van der Waals surface area contributed by atoms with Crippen LogP contribution in [-0.4, -0.2) is 39.8 Å². The molecule has 2 aliphatic carbocycles. The van der Waals surface area contributed by atoms with Crippen LogP contribution in [0.25, 0.3) is 0 Å². The van der Waals surface area contributed by atoms with Crippen LogP contribution in [0.4, 0.5) is 0 Å². The van der Waals surface area contributed by atoms with E-state index >= 15 is 0 Å². The van der Waals surface area contributed by atoms with Gasteiger partial charge in [-0.3, -0.25) is 9.59 Å². The Bertz CT molecular complexity index is 608. The summed E-state index contributed by atoms with van der Waals surface area (Å²) in [4.78, 5) is 24.6. The fourth-order valence-corrected chi connectivity index (χ4v) is 4.58. The van der Waals surface area contributed by atoms with Crippen molar-refractivity contribution in [1.82, 2.24) is 0 Å². The number of rotatable bonds is 5. The van der Waals surface area contributed by atoms with E-state index in [4.69, 9.17) is 4.74 Å². The minimum absolute atomic E-state index is 0.139. The van der Waals surface area contributed by atoms with Crippen LogP contribution in [0.15, 0.2) is 24.8 Å². The second-order valence-corrected chi connectivity index (χ2v) is 8.80. The number of esters is 1. The molecular formula is C21H32O5. The number of carbonyl (C=O) groups excluding carboxylic acids is 2. The summed E-state index contributed by atoms with van der Waals surface area (Å²) >= 11 is 0. The van der Waals surface area contributed by atoms with Gasteiger partial charge in [-0.1, -0.05) is 32.1 Å². The Morgan fingerprint density at radius 1 is 1.46 bits per heavy atom. The smallest absolute Gasteiger partial charge is 0.309 e. The van der Waals surface area contributed by atoms with Crippen molar-refractivity contribution >= 4 is 11.8 Å². The Labute approximate surface area is 156 Å². The fourth-order valence-electron chi connectivity index (χ4n) is 4.58. The largest absolute Gasteiger partial charge is 0.459 e. The van der Waals surface area contributed by atoms with Crippen molar-refractivity contribution in [3.63, 3.8) is 0 Å². The predicted molar refractivity (Wildman–Crippen MR) is 99.2 cm³/mol. The van der Waals surface area contributed by atoms with Crippen molar-refractivity contribution in [2.24, 2.45) is 23.2 Å². The Kier molecular flexibility index (Phi) is 5.83. The van der Waals surface area contributed by atoms with Gasteiger partial charge in [0.25, 0.3) is 0 Å². The van der Waals surface area contributed by atoms with Crippen LogP contribution in [0.1, 0.15) is 53.4 Å². The molecule has 0 spiro atoms. The maximum absolute atomic E-state index is 12.4. The first-order valence-corrected chi connectivity index (χ1v) is 9.32. The number of ether oxygens (including phenoxy) is 1. The molecule has 2 fully saturated rings. The summed E-state index contributed by atoms with van der Waals surface area (Å²) in [6, 6.07) is 0. The number of carbonyl (C=O) groups is 2. The minimum atomic E-state index is -1.37. The second kappa shape index (κ2) is 7.28. The molecule has 5 nitrogen and oxygen atoms in total. The zero-order chi connectivity index (χ0) is 19.9. The van der Waals surface area contributed by atoms with Crippen molar-refractivity contribution in [1.29, 1.82) is 0 Å². The molecule has 0 aromatic rings. The summed E-state index contributed by atoms with van der Waals surface area (Å²) < 4.78 is 5.66. The first-order valence-electron chi connectivity index (χ1n) is 9.32. The summed E-state index contributed by atoms with van der Waals surface area (Å²) in [5.74, 6) is -0.749. The van der Waals surface area contributed by atoms with Crippen molar-refractivity contribution in [2.75, 3.05) is 0 Å². The average Bonchev–Trinajstić information content (AvgIpc) is 2.52. The highest BCUT2D eigenvalue weighted by atomic mass is 16.6. The molecule has 0 heterocycles. The molecule has 146 valence electrons. The lowest BCUT2D eigenvalue weighted by molar-refractivity contribution is -0.192. The van der Waals surface area contributed by atoms with Gasteiger partial charge < -0.3 is 14.9 Å². The zero-order valence-electron chi connectivity index (χ0n) is 16.3. The van der Waals surface area contributed by atoms with E-state index in [0.29, 0.717) is 12.8 Å². The number of hydrogen-bond acceptors (Lipinski definition) is 5. The van der Waals surface area contributed by atoms with Gasteiger partial charge in [-0.25, -0.2) is 0 Å². The van der Waals surface area contributed by atoms with Gasteiger partial charge in [0.15, 0.2) is 0 Å². The molecule has 2 aliphatic rings. The van der Waals surface area contributed by atoms with Crippen LogP contribution in [0.5, 0.6) is 0 Å². The molecule has 0 amide bonds. The molecule has 0 aliphatic heterocycles. The lowest BCUT2D eigenvalue weighted by atomic mass is 9.51. The van der Waals surface area contributed by atoms with Gasteiger partial charge in [-0.2, -0.15) is 0 Å². The van der Waals surface area contributed by atoms with Gasteiger partial charge in [-0.05, 0) is 31.6 Å². The number of aliphatic hydroxyl groups is 2. The monoisotopic (exact) mass is 364 g/mol. The molecule has 0 aromatic carbocycles. The van der Waals surface area contributed by atoms with Crippen LogP contribution < -0.4 is 0 Å². The normalized spacial score (nSPS) is 39.5. The topological polar surface area (TPSA) is 83.8 Å². The maximum Gasteiger partial charge on any atom is 0.309 e. The van der Waals surface area contributed by atoms with Crippen molar-refractivity contribution in [3.8, 4) is 0 Å². The molecule has 2 N–H and O–H groups in total. The molecule has 0 aromatic heterocycles. The van der Waals surface area contributed by atoms with Crippen LogP contribution in [-0.2, 0) is 14.3 Å². The zero-order valence-corrected chi connectivity index (χ0v) is 16.3. The molecule has 2 rings (SSSR count). The van der Waals surface area contributed by atoms with E-state index in [-0.39, 0.29) is 35.4 Å². The molecule has 7 unspecified atom stereocenters.